The third-order valence-electron chi connectivity index (χ3n) is 4.87. The number of aromatic nitrogens is 4. The van der Waals surface area contributed by atoms with Crippen molar-refractivity contribution in [1.29, 1.82) is 0 Å². The van der Waals surface area contributed by atoms with Crippen LogP contribution < -0.4 is 5.32 Å². The van der Waals surface area contributed by atoms with E-state index in [1.807, 2.05) is 30.5 Å². The topological polar surface area (TPSA) is 98.3 Å². The number of nitrogens with one attached hydrogen (secondary N) is 1. The molecule has 1 N–H and O–H groups in total. The van der Waals surface area contributed by atoms with E-state index in [1.165, 1.54) is 6.33 Å². The molecule has 0 radical (unpaired) electrons. The average Bonchev–Trinajstić information content (AvgIpc) is 3.26. The molecule has 28 heavy (non-hydrogen) atoms. The van der Waals surface area contributed by atoms with E-state index in [1.54, 1.807) is 11.1 Å². The zero-order chi connectivity index (χ0) is 19.5. The summed E-state index contributed by atoms with van der Waals surface area (Å²) in [5, 5.41) is 3.52. The summed E-state index contributed by atoms with van der Waals surface area (Å²) in [4.78, 5) is 26.8. The summed E-state index contributed by atoms with van der Waals surface area (Å²) in [7, 11) is 0. The van der Waals surface area contributed by atoms with Gasteiger partial charge in [0.05, 0.1) is 19.3 Å². The molecule has 1 aliphatic rings. The molecule has 3 aromatic rings. The van der Waals surface area contributed by atoms with E-state index in [4.69, 9.17) is 9.15 Å². The van der Waals surface area contributed by atoms with Gasteiger partial charge in [0.15, 0.2) is 5.65 Å². The molecule has 1 aliphatic heterocycles. The molecular weight excluding hydrogens is 360 g/mol. The largest absolute Gasteiger partial charge is 0.464 e. The Labute approximate surface area is 162 Å². The smallest absolute Gasteiger partial charge is 0.409 e. The van der Waals surface area contributed by atoms with Crippen LogP contribution >= 0.6 is 0 Å². The minimum absolute atomic E-state index is 0.215. The highest BCUT2D eigenvalue weighted by molar-refractivity contribution is 5.73. The van der Waals surface area contributed by atoms with Crippen LogP contribution in [0.15, 0.2) is 29.1 Å². The predicted octanol–water partition coefficient (Wildman–Crippen LogP) is 2.81. The molecule has 1 fully saturated rings. The van der Waals surface area contributed by atoms with Crippen molar-refractivity contribution in [2.45, 2.75) is 39.3 Å². The Morgan fingerprint density at radius 3 is 2.89 bits per heavy atom. The van der Waals surface area contributed by atoms with Crippen LogP contribution in [0.4, 0.5) is 10.7 Å². The van der Waals surface area contributed by atoms with Crippen molar-refractivity contribution < 1.29 is 13.9 Å². The number of ether oxygens (including phenoxy) is 1. The molecule has 4 heterocycles. The quantitative estimate of drug-likeness (QED) is 0.722. The second-order valence-electron chi connectivity index (χ2n) is 6.87. The first-order valence-electron chi connectivity index (χ1n) is 9.54. The minimum atomic E-state index is -0.239. The van der Waals surface area contributed by atoms with Crippen molar-refractivity contribution >= 4 is 23.2 Å². The Hall–Kier alpha value is -3.10. The highest BCUT2D eigenvalue weighted by atomic mass is 16.6. The van der Waals surface area contributed by atoms with Gasteiger partial charge in [0, 0.05) is 19.1 Å². The number of hydrogen-bond donors (Lipinski definition) is 1. The molecule has 148 valence electrons. The molecule has 0 bridgehead atoms. The normalized spacial score (nSPS) is 15.1. The van der Waals surface area contributed by atoms with E-state index in [0.717, 1.165) is 41.5 Å². The summed E-state index contributed by atoms with van der Waals surface area (Å²) >= 11 is 0. The SMILES string of the molecule is CCOC(=O)N1CCC(Nc2nc3cncnc3n2Cc2ccc(C)o2)CC1. The zero-order valence-corrected chi connectivity index (χ0v) is 16.1. The Balaban J connectivity index is 1.51. The van der Waals surface area contributed by atoms with E-state index in [2.05, 4.69) is 20.3 Å². The molecule has 0 spiro atoms. The van der Waals surface area contributed by atoms with Gasteiger partial charge in [0.2, 0.25) is 5.95 Å². The number of amides is 1. The second kappa shape index (κ2) is 7.87. The summed E-state index contributed by atoms with van der Waals surface area (Å²) in [5.41, 5.74) is 1.49. The van der Waals surface area contributed by atoms with Crippen molar-refractivity contribution in [2.24, 2.45) is 0 Å². The van der Waals surface area contributed by atoms with Crippen LogP contribution in [0.25, 0.3) is 11.2 Å². The zero-order valence-electron chi connectivity index (χ0n) is 16.1. The van der Waals surface area contributed by atoms with Crippen molar-refractivity contribution in [1.82, 2.24) is 24.4 Å². The van der Waals surface area contributed by atoms with Crippen LogP contribution in [0.2, 0.25) is 0 Å². The van der Waals surface area contributed by atoms with E-state index in [9.17, 15) is 4.79 Å². The van der Waals surface area contributed by atoms with Crippen LogP contribution in [0.1, 0.15) is 31.3 Å². The lowest BCUT2D eigenvalue weighted by Gasteiger charge is -2.31. The van der Waals surface area contributed by atoms with Gasteiger partial charge < -0.3 is 19.4 Å². The van der Waals surface area contributed by atoms with E-state index < -0.39 is 0 Å². The van der Waals surface area contributed by atoms with Gasteiger partial charge in [-0.05, 0) is 38.8 Å². The monoisotopic (exact) mass is 384 g/mol. The number of anilines is 1. The maximum Gasteiger partial charge on any atom is 0.409 e. The highest BCUT2D eigenvalue weighted by Gasteiger charge is 2.25. The molecule has 0 aromatic carbocycles. The van der Waals surface area contributed by atoms with Gasteiger partial charge in [-0.2, -0.15) is 0 Å². The third kappa shape index (κ3) is 3.78. The average molecular weight is 384 g/mol. The van der Waals surface area contributed by atoms with E-state index in [0.29, 0.717) is 26.2 Å². The number of furan rings is 1. The third-order valence-corrected chi connectivity index (χ3v) is 4.87. The maximum atomic E-state index is 11.9. The van der Waals surface area contributed by atoms with Crippen molar-refractivity contribution in [3.05, 3.63) is 36.2 Å². The fraction of sp³-hybridized carbons (Fsp3) is 0.474. The number of aryl methyl sites for hydroxylation is 1. The van der Waals surface area contributed by atoms with Crippen molar-refractivity contribution in [3.8, 4) is 0 Å². The summed E-state index contributed by atoms with van der Waals surface area (Å²) < 4.78 is 12.8. The number of imidazole rings is 1. The van der Waals surface area contributed by atoms with Gasteiger partial charge in [-0.3, -0.25) is 4.57 Å². The molecule has 0 aliphatic carbocycles. The summed E-state index contributed by atoms with van der Waals surface area (Å²) in [6.45, 7) is 6.00. The number of carbonyl (C=O) groups excluding carboxylic acids is 1. The van der Waals surface area contributed by atoms with Crippen LogP contribution in [0, 0.1) is 6.92 Å². The van der Waals surface area contributed by atoms with Gasteiger partial charge in [-0.25, -0.2) is 19.7 Å². The lowest BCUT2D eigenvalue weighted by atomic mass is 10.1. The number of nitrogens with zero attached hydrogens (tertiary/aromatic N) is 5. The molecule has 1 saturated heterocycles. The Bertz CT molecular complexity index is 958. The molecular formula is C19H24N6O3. The van der Waals surface area contributed by atoms with Crippen LogP contribution in [-0.2, 0) is 11.3 Å². The van der Waals surface area contributed by atoms with E-state index >= 15 is 0 Å². The van der Waals surface area contributed by atoms with Gasteiger partial charge >= 0.3 is 6.09 Å². The number of piperidine rings is 1. The second-order valence-corrected chi connectivity index (χ2v) is 6.87. The van der Waals surface area contributed by atoms with Gasteiger partial charge in [-0.15, -0.1) is 0 Å². The molecule has 9 nitrogen and oxygen atoms in total. The molecule has 1 amide bonds. The number of likely N-dealkylation sites (tertiary alicyclic amines) is 1. The van der Waals surface area contributed by atoms with Crippen molar-refractivity contribution in [2.75, 3.05) is 25.0 Å². The Morgan fingerprint density at radius 1 is 1.36 bits per heavy atom. The first-order chi connectivity index (χ1) is 13.6. The molecule has 9 heteroatoms. The summed E-state index contributed by atoms with van der Waals surface area (Å²) in [6.07, 6.45) is 4.65. The molecule has 0 atom stereocenters. The number of hydrogen-bond acceptors (Lipinski definition) is 7. The minimum Gasteiger partial charge on any atom is -0.464 e. The first-order valence-corrected chi connectivity index (χ1v) is 9.54. The molecule has 0 saturated carbocycles. The Kier molecular flexibility index (Phi) is 5.14. The lowest BCUT2D eigenvalue weighted by Crippen LogP contribution is -2.42. The summed E-state index contributed by atoms with van der Waals surface area (Å²) in [6, 6.07) is 4.12. The van der Waals surface area contributed by atoms with E-state index in [-0.39, 0.29) is 12.1 Å². The molecule has 3 aromatic heterocycles. The predicted molar refractivity (Wildman–Crippen MR) is 103 cm³/mol. The highest BCUT2D eigenvalue weighted by Crippen LogP contribution is 2.23. The molecule has 0 unspecified atom stereocenters. The molecule has 4 rings (SSSR count). The fourth-order valence-corrected chi connectivity index (χ4v) is 3.47. The number of rotatable bonds is 5. The lowest BCUT2D eigenvalue weighted by molar-refractivity contribution is 0.0983. The standard InChI is InChI=1S/C19H24N6O3/c1-3-27-19(26)24-8-6-14(7-9-24)22-18-23-16-10-20-12-21-17(16)25(18)11-15-5-4-13(2)28-15/h4-5,10,12,14H,3,6-9,11H2,1-2H3,(H,22,23). The van der Waals surface area contributed by atoms with Gasteiger partial charge in [0.25, 0.3) is 0 Å². The van der Waals surface area contributed by atoms with Crippen LogP contribution in [0.3, 0.4) is 0 Å². The number of fused-ring (bicyclic) bond motifs is 1. The van der Waals surface area contributed by atoms with Crippen molar-refractivity contribution in [3.63, 3.8) is 0 Å². The van der Waals surface area contributed by atoms with Gasteiger partial charge in [-0.1, -0.05) is 0 Å². The first kappa shape index (κ1) is 18.3. The van der Waals surface area contributed by atoms with Crippen LogP contribution in [0.5, 0.6) is 0 Å². The number of carbonyl (C=O) groups is 1. The van der Waals surface area contributed by atoms with Gasteiger partial charge in [0.1, 0.15) is 23.4 Å². The Morgan fingerprint density at radius 2 is 2.18 bits per heavy atom. The summed E-state index contributed by atoms with van der Waals surface area (Å²) in [5.74, 6) is 2.45. The fourth-order valence-electron chi connectivity index (χ4n) is 3.47. The van der Waals surface area contributed by atoms with Crippen LogP contribution in [-0.4, -0.2) is 56.3 Å². The maximum absolute atomic E-state index is 11.9.